The molecule has 1 aliphatic heterocycles. The third-order valence-electron chi connectivity index (χ3n) is 6.04. The Morgan fingerprint density at radius 3 is 2.35 bits per heavy atom. The lowest BCUT2D eigenvalue weighted by atomic mass is 10.1. The summed E-state index contributed by atoms with van der Waals surface area (Å²) >= 11 is 0. The number of nitrogens with zero attached hydrogens (tertiary/aromatic N) is 2. The van der Waals surface area contributed by atoms with Crippen molar-refractivity contribution in [1.29, 1.82) is 0 Å². The van der Waals surface area contributed by atoms with E-state index >= 15 is 0 Å². The molecule has 1 atom stereocenters. The molecule has 0 bridgehead atoms. The monoisotopic (exact) mass is 487 g/mol. The maximum absolute atomic E-state index is 13.1. The summed E-state index contributed by atoms with van der Waals surface area (Å²) in [4.78, 5) is 15.6. The molecule has 0 unspecified atom stereocenters. The number of ether oxygens (including phenoxy) is 1. The lowest BCUT2D eigenvalue weighted by Crippen LogP contribution is -2.49. The smallest absolute Gasteiger partial charge is 0.244 e. The van der Waals surface area contributed by atoms with Crippen LogP contribution >= 0.6 is 0 Å². The highest BCUT2D eigenvalue weighted by Gasteiger charge is 2.31. The van der Waals surface area contributed by atoms with Gasteiger partial charge in [-0.2, -0.15) is 0 Å². The molecule has 1 N–H and O–H groups in total. The highest BCUT2D eigenvalue weighted by Crippen LogP contribution is 2.25. The van der Waals surface area contributed by atoms with Gasteiger partial charge in [0, 0.05) is 13.1 Å². The van der Waals surface area contributed by atoms with Crippen LogP contribution in [0.25, 0.3) is 0 Å². The van der Waals surface area contributed by atoms with Gasteiger partial charge in [-0.25, -0.2) is 8.42 Å². The van der Waals surface area contributed by atoms with Crippen LogP contribution in [0, 0.1) is 0 Å². The minimum Gasteiger partial charge on any atom is -0.494 e. The molecular formula is C26H37N3O4S. The summed E-state index contributed by atoms with van der Waals surface area (Å²) in [5, 5.41) is 2.95. The minimum absolute atomic E-state index is 0.316. The third-order valence-corrected chi connectivity index (χ3v) is 7.22. The van der Waals surface area contributed by atoms with Gasteiger partial charge >= 0.3 is 0 Å². The van der Waals surface area contributed by atoms with Crippen LogP contribution in [0.2, 0.25) is 0 Å². The van der Waals surface area contributed by atoms with E-state index in [-0.39, 0.29) is 5.91 Å². The average molecular weight is 488 g/mol. The van der Waals surface area contributed by atoms with Crippen molar-refractivity contribution < 1.29 is 17.9 Å². The van der Waals surface area contributed by atoms with Gasteiger partial charge in [-0.05, 0) is 74.7 Å². The summed E-state index contributed by atoms with van der Waals surface area (Å²) < 4.78 is 32.0. The van der Waals surface area contributed by atoms with E-state index in [0.29, 0.717) is 31.0 Å². The standard InChI is InChI=1S/C26H37N3O4S/c1-4-25(29(34(3,31)32)23-12-14-24(15-13-23)33-5-2)26(30)27-19-21-10-9-11-22(18-21)20-28-16-7-6-8-17-28/h9-15,18,25H,4-8,16-17,19-20H2,1-3H3,(H,27,30)/t25-/m0/s1. The van der Waals surface area contributed by atoms with Gasteiger partial charge in [0.1, 0.15) is 11.8 Å². The number of carbonyl (C=O) groups is 1. The van der Waals surface area contributed by atoms with Crippen molar-refractivity contribution in [3.05, 3.63) is 59.7 Å². The summed E-state index contributed by atoms with van der Waals surface area (Å²) in [5.41, 5.74) is 2.68. The fourth-order valence-corrected chi connectivity index (χ4v) is 5.65. The van der Waals surface area contributed by atoms with Gasteiger partial charge in [0.2, 0.25) is 15.9 Å². The van der Waals surface area contributed by atoms with E-state index in [1.54, 1.807) is 24.3 Å². The zero-order chi connectivity index (χ0) is 24.6. The van der Waals surface area contributed by atoms with E-state index in [4.69, 9.17) is 4.74 Å². The Bertz CT molecular complexity index is 1030. The van der Waals surface area contributed by atoms with Crippen molar-refractivity contribution >= 4 is 21.6 Å². The van der Waals surface area contributed by atoms with Gasteiger partial charge in [-0.1, -0.05) is 37.6 Å². The average Bonchev–Trinajstić information content (AvgIpc) is 2.82. The second-order valence-corrected chi connectivity index (χ2v) is 10.6. The van der Waals surface area contributed by atoms with Crippen LogP contribution in [0.15, 0.2) is 48.5 Å². The van der Waals surface area contributed by atoms with Crippen molar-refractivity contribution in [3.8, 4) is 5.75 Å². The van der Waals surface area contributed by atoms with Crippen LogP contribution in [0.3, 0.4) is 0 Å². The predicted octanol–water partition coefficient (Wildman–Crippen LogP) is 3.93. The molecule has 0 aromatic heterocycles. The van der Waals surface area contributed by atoms with E-state index in [0.717, 1.165) is 31.5 Å². The zero-order valence-electron chi connectivity index (χ0n) is 20.5. The highest BCUT2D eigenvalue weighted by atomic mass is 32.2. The number of anilines is 1. The summed E-state index contributed by atoms with van der Waals surface area (Å²) in [6, 6.07) is 14.2. The maximum atomic E-state index is 13.1. The Hall–Kier alpha value is -2.58. The van der Waals surface area contributed by atoms with Crippen LogP contribution in [0.5, 0.6) is 5.75 Å². The molecule has 2 aromatic carbocycles. The Kier molecular flexibility index (Phi) is 9.36. The lowest BCUT2D eigenvalue weighted by Gasteiger charge is -2.30. The Morgan fingerprint density at radius 2 is 1.74 bits per heavy atom. The lowest BCUT2D eigenvalue weighted by molar-refractivity contribution is -0.122. The summed E-state index contributed by atoms with van der Waals surface area (Å²) in [6.07, 6.45) is 5.28. The molecule has 186 valence electrons. The first-order chi connectivity index (χ1) is 16.3. The molecule has 1 heterocycles. The normalized spacial score (nSPS) is 15.5. The molecule has 2 aromatic rings. The fraction of sp³-hybridized carbons (Fsp3) is 0.500. The van der Waals surface area contributed by atoms with Crippen molar-refractivity contribution in [2.45, 2.75) is 58.7 Å². The zero-order valence-corrected chi connectivity index (χ0v) is 21.3. The number of nitrogens with one attached hydrogen (secondary N) is 1. The van der Waals surface area contributed by atoms with E-state index in [1.165, 1.54) is 29.1 Å². The third kappa shape index (κ3) is 7.21. The van der Waals surface area contributed by atoms with Gasteiger partial charge in [-0.3, -0.25) is 14.0 Å². The number of likely N-dealkylation sites (tertiary alicyclic amines) is 1. The van der Waals surface area contributed by atoms with Gasteiger partial charge in [-0.15, -0.1) is 0 Å². The number of rotatable bonds is 11. The Balaban J connectivity index is 1.69. The first kappa shape index (κ1) is 26.0. The van der Waals surface area contributed by atoms with Crippen LogP contribution in [-0.4, -0.2) is 51.2 Å². The molecule has 0 saturated carbocycles. The summed E-state index contributed by atoms with van der Waals surface area (Å²) in [6.45, 7) is 7.75. The van der Waals surface area contributed by atoms with Gasteiger partial charge < -0.3 is 10.1 Å². The summed E-state index contributed by atoms with van der Waals surface area (Å²) in [7, 11) is -3.68. The predicted molar refractivity (Wildman–Crippen MR) is 136 cm³/mol. The first-order valence-electron chi connectivity index (χ1n) is 12.1. The number of hydrogen-bond donors (Lipinski definition) is 1. The molecule has 3 rings (SSSR count). The van der Waals surface area contributed by atoms with E-state index in [1.807, 2.05) is 26.0 Å². The number of hydrogen-bond acceptors (Lipinski definition) is 5. The van der Waals surface area contributed by atoms with Gasteiger partial charge in [0.25, 0.3) is 0 Å². The SMILES string of the molecule is CCOc1ccc(N([C@@H](CC)C(=O)NCc2cccc(CN3CCCCC3)c2)S(C)(=O)=O)cc1. The molecule has 0 spiro atoms. The van der Waals surface area contributed by atoms with Crippen molar-refractivity contribution in [3.63, 3.8) is 0 Å². The molecular weight excluding hydrogens is 450 g/mol. The molecule has 1 aliphatic rings. The Morgan fingerprint density at radius 1 is 1.06 bits per heavy atom. The quantitative estimate of drug-likeness (QED) is 0.520. The van der Waals surface area contributed by atoms with Crippen molar-refractivity contribution in [2.75, 3.05) is 30.3 Å². The molecule has 7 nitrogen and oxygen atoms in total. The largest absolute Gasteiger partial charge is 0.494 e. The second kappa shape index (κ2) is 12.2. The molecule has 0 radical (unpaired) electrons. The van der Waals surface area contributed by atoms with Crippen molar-refractivity contribution in [2.24, 2.45) is 0 Å². The van der Waals surface area contributed by atoms with Crippen LogP contribution in [-0.2, 0) is 27.9 Å². The number of sulfonamides is 1. The van der Waals surface area contributed by atoms with Gasteiger partial charge in [0.05, 0.1) is 18.6 Å². The summed E-state index contributed by atoms with van der Waals surface area (Å²) in [5.74, 6) is 0.338. The number of amides is 1. The molecule has 34 heavy (non-hydrogen) atoms. The van der Waals surface area contributed by atoms with Crippen molar-refractivity contribution in [1.82, 2.24) is 10.2 Å². The minimum atomic E-state index is -3.68. The molecule has 1 amide bonds. The van der Waals surface area contributed by atoms with E-state index < -0.39 is 16.1 Å². The number of benzene rings is 2. The Labute approximate surface area is 204 Å². The molecule has 8 heteroatoms. The molecule has 1 saturated heterocycles. The van der Waals surface area contributed by atoms with E-state index in [9.17, 15) is 13.2 Å². The molecule has 0 aliphatic carbocycles. The first-order valence-corrected chi connectivity index (χ1v) is 14.0. The number of piperidine rings is 1. The number of carbonyl (C=O) groups excluding carboxylic acids is 1. The van der Waals surface area contributed by atoms with Crippen LogP contribution < -0.4 is 14.4 Å². The second-order valence-electron chi connectivity index (χ2n) is 8.78. The topological polar surface area (TPSA) is 79.0 Å². The van der Waals surface area contributed by atoms with Gasteiger partial charge in [0.15, 0.2) is 0 Å². The van der Waals surface area contributed by atoms with Crippen LogP contribution in [0.4, 0.5) is 5.69 Å². The molecule has 1 fully saturated rings. The highest BCUT2D eigenvalue weighted by molar-refractivity contribution is 7.92. The maximum Gasteiger partial charge on any atom is 0.244 e. The van der Waals surface area contributed by atoms with Crippen LogP contribution in [0.1, 0.15) is 50.7 Å². The fourth-order valence-electron chi connectivity index (χ4n) is 4.44. The van der Waals surface area contributed by atoms with E-state index in [2.05, 4.69) is 22.3 Å².